The van der Waals surface area contributed by atoms with Gasteiger partial charge in [0.05, 0.1) is 18.1 Å². The zero-order chi connectivity index (χ0) is 22.6. The molecule has 2 saturated heterocycles. The first-order valence-corrected chi connectivity index (χ1v) is 13.3. The molecule has 178 valence electrons. The molecule has 0 bridgehead atoms. The quantitative estimate of drug-likeness (QED) is 0.664. The molecule has 3 aliphatic rings. The molecule has 1 atom stereocenters. The van der Waals surface area contributed by atoms with Gasteiger partial charge >= 0.3 is 0 Å². The molecule has 0 saturated carbocycles. The summed E-state index contributed by atoms with van der Waals surface area (Å²) >= 11 is 0. The molecule has 3 heterocycles. The molecule has 2 fully saturated rings. The Morgan fingerprint density at radius 2 is 1.75 bits per heavy atom. The topological polar surface area (TPSA) is 88.2 Å². The molecule has 1 aromatic carbocycles. The SMILES string of the molecule is CC(CNC(=O)C1CCN(S(=O)(=O)c2ccc3c(c2)OCCCO3)CC1)CN1CCCC1. The van der Waals surface area contributed by atoms with Gasteiger partial charge in [-0.2, -0.15) is 4.31 Å². The van der Waals surface area contributed by atoms with Crippen LogP contribution in [0.2, 0.25) is 0 Å². The lowest BCUT2D eigenvalue weighted by molar-refractivity contribution is -0.126. The third-order valence-electron chi connectivity index (χ3n) is 6.57. The van der Waals surface area contributed by atoms with E-state index in [-0.39, 0.29) is 16.7 Å². The van der Waals surface area contributed by atoms with Crippen molar-refractivity contribution >= 4 is 15.9 Å². The van der Waals surface area contributed by atoms with Crippen molar-refractivity contribution in [1.29, 1.82) is 0 Å². The van der Waals surface area contributed by atoms with E-state index in [9.17, 15) is 13.2 Å². The second kappa shape index (κ2) is 10.4. The van der Waals surface area contributed by atoms with E-state index < -0.39 is 10.0 Å². The molecule has 1 aromatic rings. The van der Waals surface area contributed by atoms with Crippen LogP contribution in [0.15, 0.2) is 23.1 Å². The van der Waals surface area contributed by atoms with E-state index in [0.717, 1.165) is 26.1 Å². The molecule has 0 radical (unpaired) electrons. The van der Waals surface area contributed by atoms with Gasteiger partial charge in [0.25, 0.3) is 0 Å². The highest BCUT2D eigenvalue weighted by atomic mass is 32.2. The summed E-state index contributed by atoms with van der Waals surface area (Å²) in [5, 5.41) is 3.09. The standard InChI is InChI=1S/C23H35N3O5S/c1-18(17-25-9-2-3-10-25)16-24-23(27)19-7-11-26(12-8-19)32(28,29)20-5-6-21-22(15-20)31-14-4-13-30-21/h5-6,15,18-19H,2-4,7-14,16-17H2,1H3,(H,24,27). The number of sulfonamides is 1. The van der Waals surface area contributed by atoms with Gasteiger partial charge in [0.15, 0.2) is 11.5 Å². The minimum Gasteiger partial charge on any atom is -0.490 e. The number of hydrogen-bond donors (Lipinski definition) is 1. The normalized spacial score (nSPS) is 21.8. The summed E-state index contributed by atoms with van der Waals surface area (Å²) in [5.41, 5.74) is 0. The van der Waals surface area contributed by atoms with Crippen molar-refractivity contribution in [3.05, 3.63) is 18.2 Å². The van der Waals surface area contributed by atoms with Crippen molar-refractivity contribution in [2.45, 2.75) is 43.9 Å². The van der Waals surface area contributed by atoms with Crippen molar-refractivity contribution in [2.75, 3.05) is 52.5 Å². The number of amides is 1. The highest BCUT2D eigenvalue weighted by Crippen LogP contribution is 2.33. The summed E-state index contributed by atoms with van der Waals surface area (Å²) in [6.45, 7) is 7.94. The van der Waals surface area contributed by atoms with E-state index in [2.05, 4.69) is 17.1 Å². The molecule has 9 heteroatoms. The average molecular weight is 466 g/mol. The van der Waals surface area contributed by atoms with Crippen LogP contribution in [-0.4, -0.2) is 76.0 Å². The van der Waals surface area contributed by atoms with Crippen LogP contribution < -0.4 is 14.8 Å². The Bertz CT molecular complexity index is 893. The summed E-state index contributed by atoms with van der Waals surface area (Å²) in [6.07, 6.45) is 4.38. The summed E-state index contributed by atoms with van der Waals surface area (Å²) in [6, 6.07) is 4.79. The van der Waals surface area contributed by atoms with Crippen LogP contribution in [0.1, 0.15) is 39.0 Å². The van der Waals surface area contributed by atoms with Crippen LogP contribution in [0.5, 0.6) is 11.5 Å². The maximum absolute atomic E-state index is 13.1. The number of benzene rings is 1. The number of ether oxygens (including phenoxy) is 2. The molecule has 32 heavy (non-hydrogen) atoms. The number of carbonyl (C=O) groups excluding carboxylic acids is 1. The Morgan fingerprint density at radius 3 is 2.47 bits per heavy atom. The number of hydrogen-bond acceptors (Lipinski definition) is 6. The molecule has 4 rings (SSSR count). The molecule has 8 nitrogen and oxygen atoms in total. The molecule has 0 aliphatic carbocycles. The summed E-state index contributed by atoms with van der Waals surface area (Å²) in [4.78, 5) is 15.3. The summed E-state index contributed by atoms with van der Waals surface area (Å²) in [7, 11) is -3.64. The Labute approximate surface area is 191 Å². The van der Waals surface area contributed by atoms with Gasteiger partial charge in [-0.3, -0.25) is 4.79 Å². The maximum Gasteiger partial charge on any atom is 0.243 e. The summed E-state index contributed by atoms with van der Waals surface area (Å²) < 4.78 is 39.0. The molecule has 1 amide bonds. The zero-order valence-corrected chi connectivity index (χ0v) is 19.7. The van der Waals surface area contributed by atoms with Gasteiger partial charge in [-0.1, -0.05) is 6.92 Å². The Balaban J connectivity index is 1.28. The Hall–Kier alpha value is -1.84. The summed E-state index contributed by atoms with van der Waals surface area (Å²) in [5.74, 6) is 1.38. The zero-order valence-electron chi connectivity index (χ0n) is 18.9. The van der Waals surface area contributed by atoms with Gasteiger partial charge in [-0.15, -0.1) is 0 Å². The highest BCUT2D eigenvalue weighted by Gasteiger charge is 2.33. The van der Waals surface area contributed by atoms with Gasteiger partial charge in [-0.25, -0.2) is 8.42 Å². The fourth-order valence-electron chi connectivity index (χ4n) is 4.70. The third kappa shape index (κ3) is 5.55. The van der Waals surface area contributed by atoms with E-state index in [1.54, 1.807) is 18.2 Å². The van der Waals surface area contributed by atoms with Gasteiger partial charge in [0.2, 0.25) is 15.9 Å². The number of fused-ring (bicyclic) bond motifs is 1. The smallest absolute Gasteiger partial charge is 0.243 e. The average Bonchev–Trinajstić information content (AvgIpc) is 3.19. The van der Waals surface area contributed by atoms with E-state index in [1.807, 2.05) is 0 Å². The Kier molecular flexibility index (Phi) is 7.58. The molecular weight excluding hydrogens is 430 g/mol. The second-order valence-corrected chi connectivity index (χ2v) is 11.1. The van der Waals surface area contributed by atoms with Crippen LogP contribution >= 0.6 is 0 Å². The number of piperidine rings is 1. The van der Waals surface area contributed by atoms with Crippen LogP contribution in [0.3, 0.4) is 0 Å². The number of nitrogens with one attached hydrogen (secondary N) is 1. The molecular formula is C23H35N3O5S. The van der Waals surface area contributed by atoms with Crippen molar-refractivity contribution < 1.29 is 22.7 Å². The van der Waals surface area contributed by atoms with Gasteiger partial charge in [0.1, 0.15) is 0 Å². The molecule has 0 spiro atoms. The number of nitrogens with zero attached hydrogens (tertiary/aromatic N) is 2. The number of likely N-dealkylation sites (tertiary alicyclic amines) is 1. The predicted molar refractivity (Wildman–Crippen MR) is 121 cm³/mol. The highest BCUT2D eigenvalue weighted by molar-refractivity contribution is 7.89. The lowest BCUT2D eigenvalue weighted by atomic mass is 9.97. The second-order valence-electron chi connectivity index (χ2n) is 9.20. The number of rotatable bonds is 7. The minimum absolute atomic E-state index is 0.0471. The third-order valence-corrected chi connectivity index (χ3v) is 8.47. The molecule has 1 unspecified atom stereocenters. The number of carbonyl (C=O) groups is 1. The molecule has 0 aromatic heterocycles. The van der Waals surface area contributed by atoms with E-state index in [1.165, 1.54) is 17.1 Å². The van der Waals surface area contributed by atoms with Crippen LogP contribution in [0.25, 0.3) is 0 Å². The van der Waals surface area contributed by atoms with Crippen molar-refractivity contribution in [1.82, 2.24) is 14.5 Å². The van der Waals surface area contributed by atoms with Crippen LogP contribution in [0, 0.1) is 11.8 Å². The van der Waals surface area contributed by atoms with Crippen LogP contribution in [0.4, 0.5) is 0 Å². The molecule has 1 N–H and O–H groups in total. The van der Waals surface area contributed by atoms with Gasteiger partial charge in [0, 0.05) is 44.6 Å². The van der Waals surface area contributed by atoms with Gasteiger partial charge in [-0.05, 0) is 56.8 Å². The lowest BCUT2D eigenvalue weighted by Gasteiger charge is -2.31. The maximum atomic E-state index is 13.1. The van der Waals surface area contributed by atoms with Crippen molar-refractivity contribution in [3.63, 3.8) is 0 Å². The van der Waals surface area contributed by atoms with Crippen molar-refractivity contribution in [2.24, 2.45) is 11.8 Å². The van der Waals surface area contributed by atoms with E-state index >= 15 is 0 Å². The molecule has 3 aliphatic heterocycles. The van der Waals surface area contributed by atoms with Crippen molar-refractivity contribution in [3.8, 4) is 11.5 Å². The van der Waals surface area contributed by atoms with E-state index in [4.69, 9.17) is 9.47 Å². The fraction of sp³-hybridized carbons (Fsp3) is 0.696. The largest absolute Gasteiger partial charge is 0.490 e. The predicted octanol–water partition coefficient (Wildman–Crippen LogP) is 2.10. The monoisotopic (exact) mass is 465 g/mol. The van der Waals surface area contributed by atoms with E-state index in [0.29, 0.717) is 63.1 Å². The first-order valence-electron chi connectivity index (χ1n) is 11.8. The fourth-order valence-corrected chi connectivity index (χ4v) is 6.19. The van der Waals surface area contributed by atoms with Gasteiger partial charge < -0.3 is 19.7 Å². The first kappa shape index (κ1) is 23.3. The lowest BCUT2D eigenvalue weighted by Crippen LogP contribution is -2.44. The van der Waals surface area contributed by atoms with Crippen LogP contribution in [-0.2, 0) is 14.8 Å². The first-order chi connectivity index (χ1) is 15.4. The minimum atomic E-state index is -3.64. The Morgan fingerprint density at radius 1 is 1.06 bits per heavy atom.